The number of carboxylic acid groups (broad SMARTS) is 1. The average Bonchev–Trinajstić information content (AvgIpc) is 2.54. The fourth-order valence-electron chi connectivity index (χ4n) is 2.02. The molecule has 1 aromatic carbocycles. The van der Waals surface area contributed by atoms with E-state index in [1.54, 1.807) is 24.3 Å². The van der Waals surface area contributed by atoms with Crippen LogP contribution in [0.2, 0.25) is 0 Å². The van der Waals surface area contributed by atoms with Crippen LogP contribution in [-0.4, -0.2) is 17.6 Å². The van der Waals surface area contributed by atoms with Gasteiger partial charge in [0.25, 0.3) is 0 Å². The predicted octanol–water partition coefficient (Wildman–Crippen LogP) is 3.59. The maximum absolute atomic E-state index is 11.6. The fraction of sp³-hybridized carbons (Fsp3) is 0.111. The highest BCUT2D eigenvalue weighted by Crippen LogP contribution is 2.19. The molecule has 1 aromatic heterocycles. The van der Waals surface area contributed by atoms with E-state index in [4.69, 9.17) is 9.52 Å². The van der Waals surface area contributed by atoms with E-state index >= 15 is 0 Å². The van der Waals surface area contributed by atoms with Crippen molar-refractivity contribution in [2.24, 2.45) is 0 Å². The van der Waals surface area contributed by atoms with Crippen molar-refractivity contribution < 1.29 is 14.3 Å². The maximum Gasteiger partial charge on any atom is 0.351 e. The molecular weight excluding hydrogens is 294 g/mol. The number of fused-ring (bicyclic) bond motifs is 1. The van der Waals surface area contributed by atoms with Crippen LogP contribution in [0.5, 0.6) is 0 Å². The Kier molecular flexibility index (Phi) is 5.15. The molecule has 0 atom stereocenters. The summed E-state index contributed by atoms with van der Waals surface area (Å²) in [5, 5.41) is 12.7. The molecule has 0 radical (unpaired) electrons. The van der Waals surface area contributed by atoms with Crippen molar-refractivity contribution in [2.75, 3.05) is 11.9 Å². The molecule has 23 heavy (non-hydrogen) atoms. The number of hydrogen-bond donors (Lipinski definition) is 2. The first-order valence-electron chi connectivity index (χ1n) is 7.04. The number of nitrogens with one attached hydrogen (secondary N) is 1. The molecule has 5 heteroatoms. The first-order chi connectivity index (χ1) is 11.0. The lowest BCUT2D eigenvalue weighted by molar-refractivity contribution is 0.0692. The van der Waals surface area contributed by atoms with Gasteiger partial charge in [0.05, 0.1) is 0 Å². The smallest absolute Gasteiger partial charge is 0.351 e. The molecule has 118 valence electrons. The van der Waals surface area contributed by atoms with Crippen LogP contribution in [0, 0.1) is 0 Å². The second-order valence-electron chi connectivity index (χ2n) is 4.82. The van der Waals surface area contributed by atoms with Gasteiger partial charge < -0.3 is 14.8 Å². The van der Waals surface area contributed by atoms with Crippen molar-refractivity contribution in [1.29, 1.82) is 0 Å². The van der Waals surface area contributed by atoms with Gasteiger partial charge in [-0.2, -0.15) is 0 Å². The number of allylic oxidation sites excluding steroid dienone is 3. The number of anilines is 1. The number of hydrogen-bond acceptors (Lipinski definition) is 4. The Morgan fingerprint density at radius 3 is 2.83 bits per heavy atom. The minimum absolute atomic E-state index is 0.341. The van der Waals surface area contributed by atoms with Crippen molar-refractivity contribution in [1.82, 2.24) is 0 Å². The van der Waals surface area contributed by atoms with Crippen molar-refractivity contribution in [3.05, 3.63) is 76.7 Å². The van der Waals surface area contributed by atoms with Crippen LogP contribution in [0.15, 0.2) is 69.9 Å². The van der Waals surface area contributed by atoms with Gasteiger partial charge >= 0.3 is 11.6 Å². The summed E-state index contributed by atoms with van der Waals surface area (Å²) < 4.78 is 5.07. The molecule has 2 N–H and O–H groups in total. The van der Waals surface area contributed by atoms with Gasteiger partial charge in [-0.1, -0.05) is 30.9 Å². The Morgan fingerprint density at radius 1 is 1.39 bits per heavy atom. The summed E-state index contributed by atoms with van der Waals surface area (Å²) >= 11 is 0. The highest BCUT2D eigenvalue weighted by atomic mass is 16.4. The van der Waals surface area contributed by atoms with Crippen LogP contribution in [-0.2, 0) is 0 Å². The van der Waals surface area contributed by atoms with Gasteiger partial charge in [-0.25, -0.2) is 9.59 Å². The highest BCUT2D eigenvalue weighted by Gasteiger charge is 2.12. The molecule has 0 unspecified atom stereocenters. The summed E-state index contributed by atoms with van der Waals surface area (Å²) in [7, 11) is 0. The zero-order valence-electron chi connectivity index (χ0n) is 12.7. The summed E-state index contributed by atoms with van der Waals surface area (Å²) in [6, 6.07) is 6.50. The molecule has 5 nitrogen and oxygen atoms in total. The van der Waals surface area contributed by atoms with Crippen molar-refractivity contribution >= 4 is 22.6 Å². The maximum atomic E-state index is 11.6. The normalized spacial score (nSPS) is 11.8. The number of rotatable bonds is 6. The second-order valence-corrected chi connectivity index (χ2v) is 4.82. The summed E-state index contributed by atoms with van der Waals surface area (Å²) in [4.78, 5) is 22.6. The average molecular weight is 311 g/mol. The lowest BCUT2D eigenvalue weighted by atomic mass is 10.1. The Hall–Kier alpha value is -3.08. The van der Waals surface area contributed by atoms with Crippen LogP contribution in [0.4, 0.5) is 5.69 Å². The van der Waals surface area contributed by atoms with Crippen LogP contribution >= 0.6 is 0 Å². The van der Waals surface area contributed by atoms with Crippen molar-refractivity contribution in [3.8, 4) is 0 Å². The van der Waals surface area contributed by atoms with E-state index in [2.05, 4.69) is 11.9 Å². The molecule has 0 aliphatic carbocycles. The first kappa shape index (κ1) is 16.3. The zero-order chi connectivity index (χ0) is 16.8. The predicted molar refractivity (Wildman–Crippen MR) is 91.0 cm³/mol. The molecule has 0 spiro atoms. The van der Waals surface area contributed by atoms with Crippen molar-refractivity contribution in [3.63, 3.8) is 0 Å². The first-order valence-corrected chi connectivity index (χ1v) is 7.04. The molecule has 0 aliphatic heterocycles. The van der Waals surface area contributed by atoms with E-state index in [9.17, 15) is 9.59 Å². The van der Waals surface area contributed by atoms with E-state index in [-0.39, 0.29) is 5.56 Å². The van der Waals surface area contributed by atoms with E-state index < -0.39 is 11.6 Å². The Morgan fingerprint density at radius 2 is 2.17 bits per heavy atom. The monoisotopic (exact) mass is 311 g/mol. The second kappa shape index (κ2) is 7.26. The SMILES string of the molecule is C=C/C=C\C(=C/C)CNc1ccc2cc(C(=O)O)c(=O)oc2c1. The zero-order valence-corrected chi connectivity index (χ0v) is 12.7. The van der Waals surface area contributed by atoms with Crippen LogP contribution in [0.25, 0.3) is 11.0 Å². The summed E-state index contributed by atoms with van der Waals surface area (Å²) in [6.45, 7) is 6.17. The standard InChI is InChI=1S/C18H17NO4/c1-3-5-6-12(4-2)11-19-14-8-7-13-9-15(17(20)21)18(22)23-16(13)10-14/h3-10,19H,1,11H2,2H3,(H,20,21)/b6-5-,12-4+. The molecule has 0 aliphatic rings. The minimum atomic E-state index is -1.30. The summed E-state index contributed by atoms with van der Waals surface area (Å²) in [5.74, 6) is -1.30. The molecule has 1 heterocycles. The molecule has 2 aromatic rings. The van der Waals surface area contributed by atoms with E-state index in [1.807, 2.05) is 25.2 Å². The number of aromatic carboxylic acids is 1. The lowest BCUT2D eigenvalue weighted by Crippen LogP contribution is -2.13. The highest BCUT2D eigenvalue weighted by molar-refractivity contribution is 5.92. The van der Waals surface area contributed by atoms with Gasteiger partial charge in [-0.3, -0.25) is 0 Å². The Balaban J connectivity index is 2.25. The van der Waals surface area contributed by atoms with Gasteiger partial charge in [0, 0.05) is 23.7 Å². The Bertz CT molecular complexity index is 859. The fourth-order valence-corrected chi connectivity index (χ4v) is 2.02. The molecule has 0 fully saturated rings. The quantitative estimate of drug-likeness (QED) is 0.629. The van der Waals surface area contributed by atoms with Crippen LogP contribution < -0.4 is 10.9 Å². The lowest BCUT2D eigenvalue weighted by Gasteiger charge is -2.08. The largest absolute Gasteiger partial charge is 0.477 e. The Labute approximate surface area is 133 Å². The number of carboxylic acids is 1. The van der Waals surface area contributed by atoms with E-state index in [1.165, 1.54) is 6.07 Å². The molecule has 0 saturated carbocycles. The molecule has 0 saturated heterocycles. The number of carbonyl (C=O) groups is 1. The van der Waals surface area contributed by atoms with E-state index in [0.717, 1.165) is 11.3 Å². The van der Waals surface area contributed by atoms with Crippen LogP contribution in [0.3, 0.4) is 0 Å². The van der Waals surface area contributed by atoms with Gasteiger partial charge in [-0.05, 0) is 30.7 Å². The molecule has 2 rings (SSSR count). The molecular formula is C18H17NO4. The van der Waals surface area contributed by atoms with Crippen molar-refractivity contribution in [2.45, 2.75) is 6.92 Å². The van der Waals surface area contributed by atoms with Gasteiger partial charge in [0.1, 0.15) is 11.1 Å². The molecule has 0 bridgehead atoms. The summed E-state index contributed by atoms with van der Waals surface area (Å²) in [5.41, 5.74) is 0.964. The molecule has 0 amide bonds. The minimum Gasteiger partial charge on any atom is -0.477 e. The third kappa shape index (κ3) is 3.97. The van der Waals surface area contributed by atoms with Gasteiger partial charge in [0.15, 0.2) is 0 Å². The third-order valence-electron chi connectivity index (χ3n) is 3.28. The summed E-state index contributed by atoms with van der Waals surface area (Å²) in [6.07, 6.45) is 7.48. The van der Waals surface area contributed by atoms with Gasteiger partial charge in [-0.15, -0.1) is 0 Å². The number of benzene rings is 1. The van der Waals surface area contributed by atoms with Crippen LogP contribution in [0.1, 0.15) is 17.3 Å². The van der Waals surface area contributed by atoms with E-state index in [0.29, 0.717) is 17.5 Å². The van der Waals surface area contributed by atoms with Gasteiger partial charge in [0.2, 0.25) is 0 Å². The third-order valence-corrected chi connectivity index (χ3v) is 3.28. The topological polar surface area (TPSA) is 79.5 Å².